The Morgan fingerprint density at radius 3 is 2.48 bits per heavy atom. The smallest absolute Gasteiger partial charge is 0.280 e. The molecule has 0 bridgehead atoms. The third-order valence-corrected chi connectivity index (χ3v) is 5.37. The lowest BCUT2D eigenvalue weighted by Crippen LogP contribution is -2.43. The van der Waals surface area contributed by atoms with Crippen LogP contribution in [0.25, 0.3) is 0 Å². The van der Waals surface area contributed by atoms with E-state index in [4.69, 9.17) is 0 Å². The van der Waals surface area contributed by atoms with Crippen molar-refractivity contribution in [2.45, 2.75) is 19.9 Å². The van der Waals surface area contributed by atoms with Crippen LogP contribution in [0.1, 0.15) is 31.3 Å². The number of imidazole rings is 1. The van der Waals surface area contributed by atoms with E-state index in [-0.39, 0.29) is 5.56 Å². The van der Waals surface area contributed by atoms with Crippen molar-refractivity contribution < 1.29 is 12.8 Å². The SMILES string of the molecule is CCN(CC)S(=O)(=O)N[C@H](c1ccccc1F)c1nccn1C. The molecule has 8 heteroatoms. The van der Waals surface area contributed by atoms with E-state index in [2.05, 4.69) is 9.71 Å². The molecule has 0 fully saturated rings. The van der Waals surface area contributed by atoms with Gasteiger partial charge >= 0.3 is 0 Å². The molecule has 1 N–H and O–H groups in total. The molecule has 6 nitrogen and oxygen atoms in total. The summed E-state index contributed by atoms with van der Waals surface area (Å²) in [7, 11) is -2.03. The van der Waals surface area contributed by atoms with Gasteiger partial charge in [-0.15, -0.1) is 0 Å². The van der Waals surface area contributed by atoms with E-state index in [1.165, 1.54) is 10.4 Å². The average Bonchev–Trinajstić information content (AvgIpc) is 2.92. The summed E-state index contributed by atoms with van der Waals surface area (Å²) in [5.41, 5.74) is 0.234. The van der Waals surface area contributed by atoms with Crippen LogP contribution in [0.2, 0.25) is 0 Å². The first kappa shape index (κ1) is 17.6. The van der Waals surface area contributed by atoms with Gasteiger partial charge in [-0.05, 0) is 6.07 Å². The third-order valence-electron chi connectivity index (χ3n) is 3.64. The molecule has 2 rings (SSSR count). The molecule has 0 amide bonds. The molecule has 1 heterocycles. The van der Waals surface area contributed by atoms with Gasteiger partial charge in [-0.2, -0.15) is 17.4 Å². The van der Waals surface area contributed by atoms with Gasteiger partial charge in [-0.3, -0.25) is 0 Å². The molecule has 1 aromatic carbocycles. The second kappa shape index (κ2) is 7.20. The number of halogens is 1. The van der Waals surface area contributed by atoms with Crippen LogP contribution in [-0.4, -0.2) is 35.4 Å². The Hall–Kier alpha value is -1.77. The zero-order valence-electron chi connectivity index (χ0n) is 13.4. The molecular formula is C15H21FN4O2S. The molecule has 0 aliphatic heterocycles. The van der Waals surface area contributed by atoms with Gasteiger partial charge in [0.1, 0.15) is 17.7 Å². The molecule has 126 valence electrons. The fourth-order valence-electron chi connectivity index (χ4n) is 2.41. The fourth-order valence-corrected chi connectivity index (χ4v) is 3.77. The van der Waals surface area contributed by atoms with Crippen molar-refractivity contribution in [3.8, 4) is 0 Å². The lowest BCUT2D eigenvalue weighted by atomic mass is 10.1. The normalized spacial score (nSPS) is 13.4. The summed E-state index contributed by atoms with van der Waals surface area (Å²) in [6.07, 6.45) is 3.24. The summed E-state index contributed by atoms with van der Waals surface area (Å²) in [6.45, 7) is 4.16. The summed E-state index contributed by atoms with van der Waals surface area (Å²) < 4.78 is 44.8. The lowest BCUT2D eigenvalue weighted by molar-refractivity contribution is 0.427. The van der Waals surface area contributed by atoms with Gasteiger partial charge in [0.2, 0.25) is 0 Å². The first-order chi connectivity index (χ1) is 10.9. The van der Waals surface area contributed by atoms with Crippen LogP contribution < -0.4 is 4.72 Å². The zero-order valence-corrected chi connectivity index (χ0v) is 14.2. The number of nitrogens with one attached hydrogen (secondary N) is 1. The van der Waals surface area contributed by atoms with Gasteiger partial charge in [0.05, 0.1) is 0 Å². The molecule has 2 aromatic rings. The van der Waals surface area contributed by atoms with Crippen molar-refractivity contribution in [1.29, 1.82) is 0 Å². The van der Waals surface area contributed by atoms with Crippen LogP contribution in [0.5, 0.6) is 0 Å². The van der Waals surface area contributed by atoms with E-state index < -0.39 is 22.1 Å². The molecule has 0 saturated heterocycles. The number of benzene rings is 1. The largest absolute Gasteiger partial charge is 0.336 e. The van der Waals surface area contributed by atoms with Crippen molar-refractivity contribution in [2.24, 2.45) is 7.05 Å². The van der Waals surface area contributed by atoms with E-state index in [0.29, 0.717) is 18.9 Å². The Kier molecular flexibility index (Phi) is 5.51. The zero-order chi connectivity index (χ0) is 17.0. The van der Waals surface area contributed by atoms with Gasteiger partial charge in [0.25, 0.3) is 10.2 Å². The highest BCUT2D eigenvalue weighted by Gasteiger charge is 2.29. The lowest BCUT2D eigenvalue weighted by Gasteiger charge is -2.24. The van der Waals surface area contributed by atoms with Gasteiger partial charge in [0, 0.05) is 38.1 Å². The summed E-state index contributed by atoms with van der Waals surface area (Å²) in [5, 5.41) is 0. The topological polar surface area (TPSA) is 67.2 Å². The van der Waals surface area contributed by atoms with E-state index in [0.717, 1.165) is 0 Å². The fraction of sp³-hybridized carbons (Fsp3) is 0.400. The Morgan fingerprint density at radius 2 is 1.96 bits per heavy atom. The second-order valence-corrected chi connectivity index (χ2v) is 6.76. The highest BCUT2D eigenvalue weighted by molar-refractivity contribution is 7.87. The predicted molar refractivity (Wildman–Crippen MR) is 86.4 cm³/mol. The van der Waals surface area contributed by atoms with Crippen molar-refractivity contribution >= 4 is 10.2 Å². The molecule has 0 spiro atoms. The number of hydrogen-bond acceptors (Lipinski definition) is 3. The molecule has 0 saturated carbocycles. The van der Waals surface area contributed by atoms with E-state index in [1.807, 2.05) is 0 Å². The maximum Gasteiger partial charge on any atom is 0.280 e. The summed E-state index contributed by atoms with van der Waals surface area (Å²) in [4.78, 5) is 4.18. The molecule has 1 aromatic heterocycles. The number of rotatable bonds is 7. The Bertz CT molecular complexity index is 756. The van der Waals surface area contributed by atoms with E-state index >= 15 is 0 Å². The molecular weight excluding hydrogens is 319 g/mol. The molecule has 0 unspecified atom stereocenters. The van der Waals surface area contributed by atoms with Gasteiger partial charge < -0.3 is 4.57 Å². The minimum Gasteiger partial charge on any atom is -0.336 e. The van der Waals surface area contributed by atoms with Crippen molar-refractivity contribution in [3.05, 3.63) is 53.9 Å². The average molecular weight is 340 g/mol. The molecule has 23 heavy (non-hydrogen) atoms. The van der Waals surface area contributed by atoms with Crippen LogP contribution in [0.3, 0.4) is 0 Å². The number of aromatic nitrogens is 2. The Labute approximate surface area is 136 Å². The maximum absolute atomic E-state index is 14.2. The Morgan fingerprint density at radius 1 is 1.30 bits per heavy atom. The first-order valence-corrected chi connectivity index (χ1v) is 8.83. The van der Waals surface area contributed by atoms with E-state index in [9.17, 15) is 12.8 Å². The standard InChI is InChI=1S/C15H21FN4O2S/c1-4-20(5-2)23(21,22)18-14(15-17-10-11-19(15)3)12-8-6-7-9-13(12)16/h6-11,14,18H,4-5H2,1-3H3/t14-/m1/s1. The van der Waals surface area contributed by atoms with Crippen LogP contribution in [0, 0.1) is 5.82 Å². The minimum absolute atomic E-state index is 0.234. The van der Waals surface area contributed by atoms with Crippen LogP contribution in [0.4, 0.5) is 4.39 Å². The molecule has 0 aliphatic rings. The highest BCUT2D eigenvalue weighted by Crippen LogP contribution is 2.24. The molecule has 1 atom stereocenters. The Balaban J connectivity index is 2.48. The first-order valence-electron chi connectivity index (χ1n) is 7.39. The maximum atomic E-state index is 14.2. The monoisotopic (exact) mass is 340 g/mol. The van der Waals surface area contributed by atoms with Gasteiger partial charge in [0.15, 0.2) is 0 Å². The summed E-state index contributed by atoms with van der Waals surface area (Å²) >= 11 is 0. The highest BCUT2D eigenvalue weighted by atomic mass is 32.2. The van der Waals surface area contributed by atoms with Crippen molar-refractivity contribution in [3.63, 3.8) is 0 Å². The molecule has 0 aliphatic carbocycles. The molecule has 0 radical (unpaired) electrons. The number of aryl methyl sites for hydroxylation is 1. The summed E-state index contributed by atoms with van der Waals surface area (Å²) in [5.74, 6) is -0.0615. The van der Waals surface area contributed by atoms with Gasteiger partial charge in [-0.1, -0.05) is 32.0 Å². The number of nitrogens with zero attached hydrogens (tertiary/aromatic N) is 3. The van der Waals surface area contributed by atoms with Crippen LogP contribution >= 0.6 is 0 Å². The van der Waals surface area contributed by atoms with Crippen LogP contribution in [-0.2, 0) is 17.3 Å². The van der Waals surface area contributed by atoms with Crippen LogP contribution in [0.15, 0.2) is 36.7 Å². The summed E-state index contributed by atoms with van der Waals surface area (Å²) in [6, 6.07) is 5.19. The quantitative estimate of drug-likeness (QED) is 0.836. The van der Waals surface area contributed by atoms with Crippen molar-refractivity contribution in [1.82, 2.24) is 18.6 Å². The van der Waals surface area contributed by atoms with Crippen molar-refractivity contribution in [2.75, 3.05) is 13.1 Å². The van der Waals surface area contributed by atoms with Gasteiger partial charge in [-0.25, -0.2) is 9.37 Å². The number of hydrogen-bond donors (Lipinski definition) is 1. The minimum atomic E-state index is -3.77. The predicted octanol–water partition coefficient (Wildman–Crippen LogP) is 1.82. The second-order valence-electron chi connectivity index (χ2n) is 5.06. The third kappa shape index (κ3) is 3.77. The van der Waals surface area contributed by atoms with E-state index in [1.54, 1.807) is 56.1 Å².